The van der Waals surface area contributed by atoms with Crippen molar-refractivity contribution in [3.63, 3.8) is 0 Å². The molecule has 2 N–H and O–H groups in total. The van der Waals surface area contributed by atoms with Crippen LogP contribution in [0.3, 0.4) is 0 Å². The highest BCUT2D eigenvalue weighted by Gasteiger charge is 2.34. The molecule has 22 heavy (non-hydrogen) atoms. The third-order valence-electron chi connectivity index (χ3n) is 3.74. The summed E-state index contributed by atoms with van der Waals surface area (Å²) in [6, 6.07) is 5.06. The Labute approximate surface area is 127 Å². The number of carbonyl (C=O) groups excluding carboxylic acids is 2. The van der Waals surface area contributed by atoms with E-state index in [1.165, 1.54) is 4.68 Å². The summed E-state index contributed by atoms with van der Waals surface area (Å²) >= 11 is 0. The van der Waals surface area contributed by atoms with Gasteiger partial charge in [0.15, 0.2) is 0 Å². The molecule has 0 aliphatic carbocycles. The van der Waals surface area contributed by atoms with Crippen LogP contribution in [0.25, 0.3) is 0 Å². The van der Waals surface area contributed by atoms with Gasteiger partial charge in [0.25, 0.3) is 5.91 Å². The predicted molar refractivity (Wildman–Crippen MR) is 81.6 cm³/mol. The van der Waals surface area contributed by atoms with Crippen molar-refractivity contribution in [2.45, 2.75) is 33.2 Å². The van der Waals surface area contributed by atoms with Gasteiger partial charge in [-0.05, 0) is 44.0 Å². The summed E-state index contributed by atoms with van der Waals surface area (Å²) in [5.41, 5.74) is 2.99. The number of aromatic nitrogens is 3. The average Bonchev–Trinajstić information content (AvgIpc) is 2.92. The Morgan fingerprint density at radius 2 is 2.09 bits per heavy atom. The summed E-state index contributed by atoms with van der Waals surface area (Å²) < 4.78 is 1.47. The summed E-state index contributed by atoms with van der Waals surface area (Å²) in [6.07, 6.45) is 0.0224. The minimum atomic E-state index is -0.650. The van der Waals surface area contributed by atoms with Gasteiger partial charge in [-0.2, -0.15) is 10.1 Å². The SMILES string of the molecule is Cc1nc2n(n1)[C@@H](CC(=O)Nc1ccc(C)c(C)c1)C(=O)N2. The third-order valence-corrected chi connectivity index (χ3v) is 3.74. The molecule has 1 atom stereocenters. The maximum Gasteiger partial charge on any atom is 0.252 e. The lowest BCUT2D eigenvalue weighted by Gasteiger charge is -2.10. The van der Waals surface area contributed by atoms with E-state index >= 15 is 0 Å². The zero-order valence-corrected chi connectivity index (χ0v) is 12.7. The standard InChI is InChI=1S/C15H17N5O2/c1-8-4-5-11(6-9(8)2)17-13(21)7-12-14(22)18-15-16-10(3)19-20(12)15/h4-6,12H,7H2,1-3H3,(H,17,21)(H,16,18,19,22)/t12-/m0/s1. The normalized spacial score (nSPS) is 16.3. The predicted octanol–water partition coefficient (Wildman–Crippen LogP) is 1.73. The van der Waals surface area contributed by atoms with E-state index in [-0.39, 0.29) is 18.2 Å². The van der Waals surface area contributed by atoms with Crippen molar-refractivity contribution < 1.29 is 9.59 Å². The van der Waals surface area contributed by atoms with Crippen LogP contribution < -0.4 is 10.6 Å². The number of nitrogens with one attached hydrogen (secondary N) is 2. The van der Waals surface area contributed by atoms with Crippen LogP contribution in [0.15, 0.2) is 18.2 Å². The quantitative estimate of drug-likeness (QED) is 0.903. The molecule has 1 aromatic heterocycles. The molecule has 0 saturated heterocycles. The number of hydrogen-bond donors (Lipinski definition) is 2. The van der Waals surface area contributed by atoms with Crippen LogP contribution in [0.2, 0.25) is 0 Å². The Morgan fingerprint density at radius 1 is 1.32 bits per heavy atom. The van der Waals surface area contributed by atoms with Crippen molar-refractivity contribution in [3.05, 3.63) is 35.2 Å². The van der Waals surface area contributed by atoms with Crippen molar-refractivity contribution >= 4 is 23.5 Å². The second-order valence-corrected chi connectivity index (χ2v) is 5.48. The number of nitrogens with zero attached hydrogens (tertiary/aromatic N) is 3. The van der Waals surface area contributed by atoms with Crippen molar-refractivity contribution in [2.24, 2.45) is 0 Å². The molecule has 0 spiro atoms. The zero-order valence-electron chi connectivity index (χ0n) is 12.7. The number of carbonyl (C=O) groups is 2. The summed E-state index contributed by atoms with van der Waals surface area (Å²) in [6.45, 7) is 5.74. The first-order valence-corrected chi connectivity index (χ1v) is 7.05. The van der Waals surface area contributed by atoms with Crippen LogP contribution in [0, 0.1) is 20.8 Å². The van der Waals surface area contributed by atoms with E-state index in [0.29, 0.717) is 11.8 Å². The van der Waals surface area contributed by atoms with E-state index < -0.39 is 6.04 Å². The van der Waals surface area contributed by atoms with Gasteiger partial charge in [-0.3, -0.25) is 14.9 Å². The van der Waals surface area contributed by atoms with E-state index in [1.54, 1.807) is 6.92 Å². The molecule has 3 rings (SSSR count). The maximum absolute atomic E-state index is 12.2. The van der Waals surface area contributed by atoms with Crippen LogP contribution in [0.1, 0.15) is 29.4 Å². The fraction of sp³-hybridized carbons (Fsp3) is 0.333. The highest BCUT2D eigenvalue weighted by molar-refractivity contribution is 6.00. The van der Waals surface area contributed by atoms with Crippen LogP contribution in [-0.2, 0) is 9.59 Å². The monoisotopic (exact) mass is 299 g/mol. The van der Waals surface area contributed by atoms with E-state index in [1.807, 2.05) is 32.0 Å². The van der Waals surface area contributed by atoms with Gasteiger partial charge in [0.2, 0.25) is 11.9 Å². The lowest BCUT2D eigenvalue weighted by Crippen LogP contribution is -2.23. The molecule has 0 radical (unpaired) electrons. The number of benzene rings is 1. The van der Waals surface area contributed by atoms with Gasteiger partial charge in [-0.1, -0.05) is 6.07 Å². The van der Waals surface area contributed by atoms with Gasteiger partial charge in [0.05, 0.1) is 6.42 Å². The van der Waals surface area contributed by atoms with Crippen LogP contribution >= 0.6 is 0 Å². The third kappa shape index (κ3) is 2.57. The Bertz CT molecular complexity index is 765. The van der Waals surface area contributed by atoms with Crippen molar-refractivity contribution in [1.29, 1.82) is 0 Å². The van der Waals surface area contributed by atoms with Crippen molar-refractivity contribution in [1.82, 2.24) is 14.8 Å². The molecule has 1 aliphatic rings. The first kappa shape index (κ1) is 14.2. The second-order valence-electron chi connectivity index (χ2n) is 5.48. The van der Waals surface area contributed by atoms with Gasteiger partial charge >= 0.3 is 0 Å². The summed E-state index contributed by atoms with van der Waals surface area (Å²) in [7, 11) is 0. The molecule has 7 heteroatoms. The molecule has 0 unspecified atom stereocenters. The number of anilines is 2. The molecule has 7 nitrogen and oxygen atoms in total. The molecule has 0 bridgehead atoms. The highest BCUT2D eigenvalue weighted by atomic mass is 16.2. The van der Waals surface area contributed by atoms with Gasteiger partial charge in [0, 0.05) is 5.69 Å². The Morgan fingerprint density at radius 3 is 2.82 bits per heavy atom. The van der Waals surface area contributed by atoms with Gasteiger partial charge in [-0.25, -0.2) is 4.68 Å². The topological polar surface area (TPSA) is 88.9 Å². The molecule has 0 saturated carbocycles. The first-order chi connectivity index (χ1) is 10.4. The Balaban J connectivity index is 1.71. The fourth-order valence-electron chi connectivity index (χ4n) is 2.42. The molecule has 1 aromatic carbocycles. The number of aryl methyl sites for hydroxylation is 3. The summed E-state index contributed by atoms with van der Waals surface area (Å²) in [5.74, 6) is 0.468. The van der Waals surface area contributed by atoms with Crippen LogP contribution in [-0.4, -0.2) is 26.6 Å². The van der Waals surface area contributed by atoms with Crippen molar-refractivity contribution in [3.8, 4) is 0 Å². The molecular formula is C15H17N5O2. The molecule has 114 valence electrons. The van der Waals surface area contributed by atoms with E-state index in [9.17, 15) is 9.59 Å². The lowest BCUT2D eigenvalue weighted by atomic mass is 10.1. The van der Waals surface area contributed by atoms with E-state index in [4.69, 9.17) is 0 Å². The van der Waals surface area contributed by atoms with Crippen molar-refractivity contribution in [2.75, 3.05) is 10.6 Å². The smallest absolute Gasteiger partial charge is 0.252 e. The largest absolute Gasteiger partial charge is 0.326 e. The Hall–Kier alpha value is -2.70. The molecule has 1 aliphatic heterocycles. The minimum absolute atomic E-state index is 0.0224. The molecule has 2 aromatic rings. The zero-order chi connectivity index (χ0) is 15.9. The summed E-state index contributed by atoms with van der Waals surface area (Å²) in [5, 5.41) is 9.59. The van der Waals surface area contributed by atoms with Gasteiger partial charge < -0.3 is 5.32 Å². The average molecular weight is 299 g/mol. The van der Waals surface area contributed by atoms with E-state index in [0.717, 1.165) is 16.8 Å². The Kier molecular flexibility index (Phi) is 3.40. The van der Waals surface area contributed by atoms with Crippen LogP contribution in [0.5, 0.6) is 0 Å². The maximum atomic E-state index is 12.2. The summed E-state index contributed by atoms with van der Waals surface area (Å²) in [4.78, 5) is 28.2. The second kappa shape index (κ2) is 5.25. The highest BCUT2D eigenvalue weighted by Crippen LogP contribution is 2.25. The first-order valence-electron chi connectivity index (χ1n) is 7.05. The lowest BCUT2D eigenvalue weighted by molar-refractivity contribution is -0.123. The molecule has 2 heterocycles. The van der Waals surface area contributed by atoms with Crippen LogP contribution in [0.4, 0.5) is 11.6 Å². The van der Waals surface area contributed by atoms with E-state index in [2.05, 4.69) is 20.7 Å². The van der Waals surface area contributed by atoms with Gasteiger partial charge in [0.1, 0.15) is 11.9 Å². The number of rotatable bonds is 3. The molecular weight excluding hydrogens is 282 g/mol. The molecule has 0 fully saturated rings. The molecule has 2 amide bonds. The fourth-order valence-corrected chi connectivity index (χ4v) is 2.42. The van der Waals surface area contributed by atoms with Gasteiger partial charge in [-0.15, -0.1) is 0 Å². The number of hydrogen-bond acceptors (Lipinski definition) is 4. The minimum Gasteiger partial charge on any atom is -0.326 e. The number of amides is 2. The number of fused-ring (bicyclic) bond motifs is 1.